The Bertz CT molecular complexity index is 2180. The minimum absolute atomic E-state index is 0.0800. The standard InChI is InChI=1S/C42H36ClN5O3/c1-41(2)23-22-30(27-47(41)40(50)51)39(49)45-38-35-25-29(34-24-28(26-44)18-20-36(34)43)19-21-37(35)48(46-38)42(31-12-6-3-7-13-31,32-14-8-4-9-15-32)33-16-10-5-11-17-33/h3-21,24-25,30H,22-23,27H2,1-2H3,(H,50,51)(H,45,46,49). The first-order valence-corrected chi connectivity index (χ1v) is 17.2. The second-order valence-electron chi connectivity index (χ2n) is 13.5. The molecule has 0 spiro atoms. The van der Waals surface area contributed by atoms with Gasteiger partial charge < -0.3 is 15.3 Å². The van der Waals surface area contributed by atoms with E-state index in [-0.39, 0.29) is 12.5 Å². The fourth-order valence-electron chi connectivity index (χ4n) is 7.35. The Labute approximate surface area is 301 Å². The highest BCUT2D eigenvalue weighted by molar-refractivity contribution is 6.33. The SMILES string of the molecule is CC1(C)CCC(C(=O)Nc2nn(C(c3ccccc3)(c3ccccc3)c3ccccc3)c3ccc(-c4cc(C#N)ccc4Cl)cc23)CN1C(=O)O. The second-order valence-corrected chi connectivity index (χ2v) is 13.9. The summed E-state index contributed by atoms with van der Waals surface area (Å²) >= 11 is 6.69. The number of hydrogen-bond donors (Lipinski definition) is 2. The monoisotopic (exact) mass is 693 g/mol. The number of nitrogens with zero attached hydrogens (tertiary/aromatic N) is 4. The zero-order valence-corrected chi connectivity index (χ0v) is 29.0. The van der Waals surface area contributed by atoms with Gasteiger partial charge in [0.05, 0.1) is 23.1 Å². The van der Waals surface area contributed by atoms with Crippen molar-refractivity contribution < 1.29 is 14.7 Å². The van der Waals surface area contributed by atoms with Gasteiger partial charge in [0.2, 0.25) is 5.91 Å². The molecule has 2 N–H and O–H groups in total. The lowest BCUT2D eigenvalue weighted by atomic mass is 9.77. The van der Waals surface area contributed by atoms with E-state index >= 15 is 0 Å². The van der Waals surface area contributed by atoms with Crippen molar-refractivity contribution in [1.82, 2.24) is 14.7 Å². The molecule has 0 saturated carbocycles. The maximum Gasteiger partial charge on any atom is 0.407 e. The average Bonchev–Trinajstić information content (AvgIpc) is 3.50. The number of piperidine rings is 1. The molecule has 0 bridgehead atoms. The van der Waals surface area contributed by atoms with E-state index in [1.165, 1.54) is 4.90 Å². The van der Waals surface area contributed by atoms with Crippen LogP contribution in [0.3, 0.4) is 0 Å². The molecule has 5 aromatic carbocycles. The summed E-state index contributed by atoms with van der Waals surface area (Å²) in [4.78, 5) is 27.6. The maximum atomic E-state index is 14.1. The van der Waals surface area contributed by atoms with Gasteiger partial charge in [0.15, 0.2) is 5.82 Å². The predicted octanol–water partition coefficient (Wildman–Crippen LogP) is 9.18. The largest absolute Gasteiger partial charge is 0.465 e. The van der Waals surface area contributed by atoms with E-state index in [0.29, 0.717) is 40.2 Å². The Morgan fingerprint density at radius 1 is 0.882 bits per heavy atom. The predicted molar refractivity (Wildman–Crippen MR) is 200 cm³/mol. The number of anilines is 1. The summed E-state index contributed by atoms with van der Waals surface area (Å²) in [6.07, 6.45) is 0.0287. The summed E-state index contributed by atoms with van der Waals surface area (Å²) in [5.74, 6) is -0.535. The van der Waals surface area contributed by atoms with Crippen LogP contribution in [0.25, 0.3) is 22.0 Å². The van der Waals surface area contributed by atoms with E-state index in [4.69, 9.17) is 16.7 Å². The van der Waals surface area contributed by atoms with E-state index in [2.05, 4.69) is 47.8 Å². The van der Waals surface area contributed by atoms with Crippen molar-refractivity contribution in [2.24, 2.45) is 5.92 Å². The van der Waals surface area contributed by atoms with Gasteiger partial charge in [0.1, 0.15) is 5.54 Å². The topological polar surface area (TPSA) is 111 Å². The second kappa shape index (κ2) is 13.4. The van der Waals surface area contributed by atoms with Gasteiger partial charge in [-0.2, -0.15) is 10.4 Å². The summed E-state index contributed by atoms with van der Waals surface area (Å²) < 4.78 is 1.97. The number of nitrogens with one attached hydrogen (secondary N) is 1. The first-order valence-electron chi connectivity index (χ1n) is 16.8. The minimum Gasteiger partial charge on any atom is -0.465 e. The third-order valence-electron chi connectivity index (χ3n) is 10.1. The number of benzene rings is 5. The first kappa shape index (κ1) is 33.6. The van der Waals surface area contributed by atoms with Crippen molar-refractivity contribution in [2.75, 3.05) is 11.9 Å². The zero-order valence-electron chi connectivity index (χ0n) is 28.3. The Morgan fingerprint density at radius 2 is 1.47 bits per heavy atom. The van der Waals surface area contributed by atoms with Gasteiger partial charge in [-0.3, -0.25) is 4.79 Å². The number of rotatable bonds is 7. The first-order chi connectivity index (χ1) is 24.6. The molecule has 1 fully saturated rings. The molecule has 0 radical (unpaired) electrons. The Hall–Kier alpha value is -5.91. The van der Waals surface area contributed by atoms with Crippen molar-refractivity contribution in [2.45, 2.75) is 37.8 Å². The van der Waals surface area contributed by atoms with Crippen LogP contribution < -0.4 is 5.32 Å². The van der Waals surface area contributed by atoms with Crippen molar-refractivity contribution in [3.63, 3.8) is 0 Å². The number of carbonyl (C=O) groups is 2. The van der Waals surface area contributed by atoms with Gasteiger partial charge >= 0.3 is 6.09 Å². The molecule has 1 saturated heterocycles. The smallest absolute Gasteiger partial charge is 0.407 e. The Balaban J connectivity index is 1.48. The Morgan fingerprint density at radius 3 is 2.02 bits per heavy atom. The van der Waals surface area contributed by atoms with Crippen LogP contribution in [0, 0.1) is 17.2 Å². The van der Waals surface area contributed by atoms with Crippen molar-refractivity contribution in [3.8, 4) is 17.2 Å². The molecule has 1 atom stereocenters. The molecule has 1 aliphatic rings. The molecule has 1 aromatic heterocycles. The lowest BCUT2D eigenvalue weighted by Gasteiger charge is -2.43. The molecule has 0 aliphatic carbocycles. The number of amides is 2. The lowest BCUT2D eigenvalue weighted by Crippen LogP contribution is -2.54. The number of aromatic nitrogens is 2. The molecular weight excluding hydrogens is 658 g/mol. The third kappa shape index (κ3) is 6.00. The van der Waals surface area contributed by atoms with E-state index in [9.17, 15) is 20.0 Å². The molecule has 6 aromatic rings. The van der Waals surface area contributed by atoms with Crippen LogP contribution in [0.2, 0.25) is 5.02 Å². The third-order valence-corrected chi connectivity index (χ3v) is 10.4. The van der Waals surface area contributed by atoms with Crippen LogP contribution in [-0.2, 0) is 10.3 Å². The molecule has 7 rings (SSSR count). The van der Waals surface area contributed by atoms with Crippen molar-refractivity contribution >= 4 is 40.3 Å². The fourth-order valence-corrected chi connectivity index (χ4v) is 7.57. The average molecular weight is 694 g/mol. The van der Waals surface area contributed by atoms with Gasteiger partial charge in [-0.25, -0.2) is 9.48 Å². The molecule has 2 amide bonds. The minimum atomic E-state index is -1.05. The quantitative estimate of drug-likeness (QED) is 0.162. The van der Waals surface area contributed by atoms with Crippen LogP contribution in [-0.4, -0.2) is 43.9 Å². The maximum absolute atomic E-state index is 14.1. The normalized spacial score (nSPS) is 15.6. The number of halogens is 1. The molecule has 51 heavy (non-hydrogen) atoms. The van der Waals surface area contributed by atoms with E-state index < -0.39 is 23.1 Å². The van der Waals surface area contributed by atoms with E-state index in [0.717, 1.165) is 27.8 Å². The summed E-state index contributed by atoms with van der Waals surface area (Å²) in [7, 11) is 0. The van der Waals surface area contributed by atoms with Crippen LogP contribution in [0.5, 0.6) is 0 Å². The van der Waals surface area contributed by atoms with Crippen molar-refractivity contribution in [3.05, 3.63) is 155 Å². The molecule has 9 heteroatoms. The summed E-state index contributed by atoms with van der Waals surface area (Å²) in [5, 5.41) is 29.2. The number of likely N-dealkylation sites (tertiary alicyclic amines) is 1. The van der Waals surface area contributed by atoms with Gasteiger partial charge in [0.25, 0.3) is 0 Å². The highest BCUT2D eigenvalue weighted by Crippen LogP contribution is 2.44. The summed E-state index contributed by atoms with van der Waals surface area (Å²) in [6, 6.07) is 43.6. The van der Waals surface area contributed by atoms with Crippen LogP contribution in [0.15, 0.2) is 127 Å². The number of fused-ring (bicyclic) bond motifs is 1. The van der Waals surface area contributed by atoms with Crippen LogP contribution in [0.1, 0.15) is 48.9 Å². The molecule has 1 aliphatic heterocycles. The molecule has 254 valence electrons. The van der Waals surface area contributed by atoms with Crippen LogP contribution >= 0.6 is 11.6 Å². The van der Waals surface area contributed by atoms with Gasteiger partial charge in [-0.05, 0) is 79.3 Å². The number of carbonyl (C=O) groups excluding carboxylic acids is 1. The summed E-state index contributed by atoms with van der Waals surface area (Å²) in [5.41, 5.74) is 3.98. The number of hydrogen-bond acceptors (Lipinski definition) is 4. The zero-order chi connectivity index (χ0) is 35.8. The highest BCUT2D eigenvalue weighted by atomic mass is 35.5. The molecule has 8 nitrogen and oxygen atoms in total. The van der Waals surface area contributed by atoms with Crippen molar-refractivity contribution in [1.29, 1.82) is 5.26 Å². The van der Waals surface area contributed by atoms with Gasteiger partial charge in [0, 0.05) is 28.1 Å². The summed E-state index contributed by atoms with van der Waals surface area (Å²) in [6.45, 7) is 3.85. The lowest BCUT2D eigenvalue weighted by molar-refractivity contribution is -0.122. The van der Waals surface area contributed by atoms with Crippen LogP contribution in [0.4, 0.5) is 10.6 Å². The number of nitriles is 1. The molecular formula is C42H36ClN5O3. The number of carboxylic acid groups (broad SMARTS) is 1. The highest BCUT2D eigenvalue weighted by Gasteiger charge is 2.42. The van der Waals surface area contributed by atoms with Gasteiger partial charge in [-0.1, -0.05) is 109 Å². The molecule has 2 heterocycles. The molecule has 1 unspecified atom stereocenters. The van der Waals surface area contributed by atoms with Gasteiger partial charge in [-0.15, -0.1) is 0 Å². The fraction of sp³-hybridized carbons (Fsp3) is 0.190. The van der Waals surface area contributed by atoms with E-state index in [1.54, 1.807) is 18.2 Å². The Kier molecular flexibility index (Phi) is 8.84. The van der Waals surface area contributed by atoms with E-state index in [1.807, 2.05) is 91.3 Å².